The molecule has 0 aliphatic heterocycles. The monoisotopic (exact) mass is 212 g/mol. The highest BCUT2D eigenvalue weighted by Gasteiger charge is 2.13. The van der Waals surface area contributed by atoms with Crippen molar-refractivity contribution in [3.05, 3.63) is 11.1 Å². The summed E-state index contributed by atoms with van der Waals surface area (Å²) in [6.07, 6.45) is 6.27. The molecule has 1 aliphatic carbocycles. The number of rotatable bonds is 0. The third kappa shape index (κ3) is 1.90. The topological polar surface area (TPSA) is 25.8 Å². The summed E-state index contributed by atoms with van der Waals surface area (Å²) < 4.78 is 0. The highest BCUT2D eigenvalue weighted by atomic mass is 31.0. The minimum Gasteiger partial charge on any atom is -0.150 e. The summed E-state index contributed by atoms with van der Waals surface area (Å²) in [5, 5.41) is 8.25. The van der Waals surface area contributed by atoms with E-state index in [0.29, 0.717) is 0 Å². The fourth-order valence-corrected chi connectivity index (χ4v) is 2.63. The Kier molecular flexibility index (Phi) is 2.91. The van der Waals surface area contributed by atoms with E-state index in [1.165, 1.54) is 43.2 Å². The summed E-state index contributed by atoms with van der Waals surface area (Å²) in [7, 11) is 5.38. The van der Waals surface area contributed by atoms with Crippen LogP contribution in [0.2, 0.25) is 0 Å². The lowest BCUT2D eigenvalue weighted by atomic mass is 10.1. The van der Waals surface area contributed by atoms with Gasteiger partial charge in [-0.1, -0.05) is 24.9 Å². The maximum atomic E-state index is 4.13. The first-order chi connectivity index (χ1) is 6.29. The number of nitrogens with zero attached hydrogens (tertiary/aromatic N) is 2. The molecule has 0 saturated heterocycles. The molecule has 2 unspecified atom stereocenters. The van der Waals surface area contributed by atoms with Crippen LogP contribution in [0.15, 0.2) is 0 Å². The highest BCUT2D eigenvalue weighted by molar-refractivity contribution is 7.28. The molecule has 1 heterocycles. The van der Waals surface area contributed by atoms with Crippen LogP contribution in [-0.2, 0) is 12.8 Å². The Balaban J connectivity index is 2.50. The van der Waals surface area contributed by atoms with Crippen molar-refractivity contribution in [1.82, 2.24) is 10.2 Å². The summed E-state index contributed by atoms with van der Waals surface area (Å²) in [6.45, 7) is 0. The molecule has 1 aliphatic rings. The number of hydrogen-bond acceptors (Lipinski definition) is 2. The molecule has 1 aromatic rings. The van der Waals surface area contributed by atoms with E-state index in [4.69, 9.17) is 0 Å². The van der Waals surface area contributed by atoms with E-state index in [0.717, 1.165) is 10.9 Å². The molecule has 4 heteroatoms. The largest absolute Gasteiger partial charge is 0.150 e. The lowest BCUT2D eigenvalue weighted by Crippen LogP contribution is -2.20. The Bertz CT molecular complexity index is 295. The zero-order valence-electron chi connectivity index (χ0n) is 7.58. The summed E-state index contributed by atoms with van der Waals surface area (Å²) in [5.41, 5.74) is 4.93. The molecule has 0 amide bonds. The molecule has 2 nitrogen and oxygen atoms in total. The molecule has 13 heavy (non-hydrogen) atoms. The molecule has 0 aromatic carbocycles. The Hall–Kier alpha value is -0.0600. The van der Waals surface area contributed by atoms with Crippen LogP contribution in [0, 0.1) is 0 Å². The summed E-state index contributed by atoms with van der Waals surface area (Å²) >= 11 is 0. The third-order valence-electron chi connectivity index (χ3n) is 2.60. The van der Waals surface area contributed by atoms with Gasteiger partial charge < -0.3 is 0 Å². The van der Waals surface area contributed by atoms with E-state index in [2.05, 4.69) is 28.7 Å². The molecule has 2 rings (SSSR count). The second-order valence-electron chi connectivity index (χ2n) is 3.49. The average molecular weight is 212 g/mol. The minimum atomic E-state index is 1.04. The van der Waals surface area contributed by atoms with Crippen LogP contribution in [0.25, 0.3) is 0 Å². The van der Waals surface area contributed by atoms with Crippen molar-refractivity contribution in [2.45, 2.75) is 32.1 Å². The fraction of sp³-hybridized carbons (Fsp3) is 0.556. The van der Waals surface area contributed by atoms with E-state index in [1.807, 2.05) is 0 Å². The van der Waals surface area contributed by atoms with Crippen molar-refractivity contribution in [2.75, 3.05) is 0 Å². The van der Waals surface area contributed by atoms with Gasteiger partial charge in [-0.3, -0.25) is 0 Å². The molecule has 0 radical (unpaired) electrons. The molecular weight excluding hydrogens is 198 g/mol. The molecule has 2 atom stereocenters. The van der Waals surface area contributed by atoms with E-state index in [1.54, 1.807) is 0 Å². The first kappa shape index (κ1) is 9.49. The van der Waals surface area contributed by atoms with Crippen LogP contribution in [0.4, 0.5) is 0 Å². The molecule has 0 spiro atoms. The Morgan fingerprint density at radius 1 is 0.769 bits per heavy atom. The molecule has 0 N–H and O–H groups in total. The van der Waals surface area contributed by atoms with Gasteiger partial charge in [0.15, 0.2) is 0 Å². The van der Waals surface area contributed by atoms with Gasteiger partial charge >= 0.3 is 0 Å². The standard InChI is InChI=1S/C9H14N2P2/c12-8-6-4-2-1-3-5-7(6)9(13)11-10-8/h1-5,12-13H2. The number of hydrogen-bond donors (Lipinski definition) is 0. The predicted molar refractivity (Wildman–Crippen MR) is 62.0 cm³/mol. The van der Waals surface area contributed by atoms with Gasteiger partial charge in [0.05, 0.1) is 10.9 Å². The Labute approximate surface area is 83.3 Å². The number of aromatic nitrogens is 2. The maximum absolute atomic E-state index is 4.13. The van der Waals surface area contributed by atoms with Gasteiger partial charge in [0, 0.05) is 0 Å². The van der Waals surface area contributed by atoms with Crippen molar-refractivity contribution in [2.24, 2.45) is 0 Å². The smallest absolute Gasteiger partial charge is 0.0830 e. The average Bonchev–Trinajstić information content (AvgIpc) is 2.37. The van der Waals surface area contributed by atoms with Gasteiger partial charge in [-0.2, -0.15) is 10.2 Å². The first-order valence-electron chi connectivity index (χ1n) is 4.68. The first-order valence-corrected chi connectivity index (χ1v) is 5.84. The zero-order chi connectivity index (χ0) is 9.26. The van der Waals surface area contributed by atoms with Crippen LogP contribution >= 0.6 is 18.5 Å². The van der Waals surface area contributed by atoms with E-state index < -0.39 is 0 Å². The van der Waals surface area contributed by atoms with Gasteiger partial charge in [0.1, 0.15) is 0 Å². The van der Waals surface area contributed by atoms with Crippen LogP contribution in [0.1, 0.15) is 30.4 Å². The van der Waals surface area contributed by atoms with Crippen molar-refractivity contribution in [1.29, 1.82) is 0 Å². The van der Waals surface area contributed by atoms with Crippen LogP contribution in [0.5, 0.6) is 0 Å². The highest BCUT2D eigenvalue weighted by Crippen LogP contribution is 2.18. The lowest BCUT2D eigenvalue weighted by Gasteiger charge is -2.09. The number of fused-ring (bicyclic) bond motifs is 1. The van der Waals surface area contributed by atoms with E-state index >= 15 is 0 Å². The van der Waals surface area contributed by atoms with Crippen molar-refractivity contribution in [3.8, 4) is 0 Å². The minimum absolute atomic E-state index is 1.04. The summed E-state index contributed by atoms with van der Waals surface area (Å²) in [5.74, 6) is 0. The second kappa shape index (κ2) is 3.98. The molecule has 0 bridgehead atoms. The third-order valence-corrected chi connectivity index (χ3v) is 3.53. The zero-order valence-corrected chi connectivity index (χ0v) is 9.89. The van der Waals surface area contributed by atoms with Crippen molar-refractivity contribution >= 4 is 29.3 Å². The summed E-state index contributed by atoms with van der Waals surface area (Å²) in [4.78, 5) is 0. The Morgan fingerprint density at radius 2 is 1.23 bits per heavy atom. The molecule has 0 fully saturated rings. The van der Waals surface area contributed by atoms with E-state index in [9.17, 15) is 0 Å². The fourth-order valence-electron chi connectivity index (χ4n) is 1.88. The van der Waals surface area contributed by atoms with Gasteiger partial charge in [0.2, 0.25) is 0 Å². The normalized spacial score (nSPS) is 16.5. The molecule has 1 aromatic heterocycles. The molecule has 70 valence electrons. The molecular formula is C9H14N2P2. The van der Waals surface area contributed by atoms with Crippen molar-refractivity contribution < 1.29 is 0 Å². The lowest BCUT2D eigenvalue weighted by molar-refractivity contribution is 0.712. The SMILES string of the molecule is Pc1nnc(P)c2c1CCCCC2. The van der Waals surface area contributed by atoms with Crippen LogP contribution in [-0.4, -0.2) is 10.2 Å². The van der Waals surface area contributed by atoms with Gasteiger partial charge in [0.25, 0.3) is 0 Å². The van der Waals surface area contributed by atoms with Gasteiger partial charge in [-0.05, 0) is 36.8 Å². The van der Waals surface area contributed by atoms with E-state index in [-0.39, 0.29) is 0 Å². The van der Waals surface area contributed by atoms with Gasteiger partial charge in [-0.25, -0.2) is 0 Å². The quantitative estimate of drug-likeness (QED) is 0.468. The van der Waals surface area contributed by atoms with Gasteiger partial charge in [-0.15, -0.1) is 0 Å². The predicted octanol–water partition coefficient (Wildman–Crippen LogP) is 0.746. The molecule has 0 saturated carbocycles. The Morgan fingerprint density at radius 3 is 1.69 bits per heavy atom. The maximum Gasteiger partial charge on any atom is 0.0830 e. The van der Waals surface area contributed by atoms with Crippen LogP contribution < -0.4 is 10.9 Å². The summed E-state index contributed by atoms with van der Waals surface area (Å²) in [6, 6.07) is 0. The van der Waals surface area contributed by atoms with Crippen molar-refractivity contribution in [3.63, 3.8) is 0 Å². The van der Waals surface area contributed by atoms with Crippen LogP contribution in [0.3, 0.4) is 0 Å². The second-order valence-corrected chi connectivity index (χ2v) is 4.58.